The van der Waals surface area contributed by atoms with Gasteiger partial charge < -0.3 is 15.3 Å². The summed E-state index contributed by atoms with van der Waals surface area (Å²) in [6.07, 6.45) is 5.98. The first-order chi connectivity index (χ1) is 11.6. The van der Waals surface area contributed by atoms with Crippen molar-refractivity contribution in [2.75, 3.05) is 42.9 Å². The van der Waals surface area contributed by atoms with E-state index in [0.717, 1.165) is 18.9 Å². The normalized spacial score (nSPS) is 21.7. The summed E-state index contributed by atoms with van der Waals surface area (Å²) >= 11 is 0. The van der Waals surface area contributed by atoms with Gasteiger partial charge in [0, 0.05) is 19.6 Å². The number of carboxylic acid groups (broad SMARTS) is 1. The SMILES string of the molecule is O=C(CN1CCC(C(=O)O)C1)Nc1ccc(N2CCCCC2)nc1. The first-order valence-electron chi connectivity index (χ1n) is 8.58. The molecule has 130 valence electrons. The minimum atomic E-state index is -0.782. The number of amides is 1. The van der Waals surface area contributed by atoms with Crippen molar-refractivity contribution in [3.05, 3.63) is 18.3 Å². The highest BCUT2D eigenvalue weighted by Crippen LogP contribution is 2.19. The van der Waals surface area contributed by atoms with E-state index in [2.05, 4.69) is 15.2 Å². The maximum Gasteiger partial charge on any atom is 0.307 e. The van der Waals surface area contributed by atoms with E-state index < -0.39 is 5.97 Å². The van der Waals surface area contributed by atoms with E-state index in [4.69, 9.17) is 5.11 Å². The molecular weight excluding hydrogens is 308 g/mol. The van der Waals surface area contributed by atoms with Crippen molar-refractivity contribution in [1.82, 2.24) is 9.88 Å². The minimum Gasteiger partial charge on any atom is -0.481 e. The van der Waals surface area contributed by atoms with Crippen molar-refractivity contribution >= 4 is 23.4 Å². The molecule has 2 aliphatic rings. The Bertz CT molecular complexity index is 584. The number of hydrogen-bond donors (Lipinski definition) is 2. The quantitative estimate of drug-likeness (QED) is 0.848. The van der Waals surface area contributed by atoms with Crippen LogP contribution in [0.4, 0.5) is 11.5 Å². The van der Waals surface area contributed by atoms with Gasteiger partial charge in [0.2, 0.25) is 5.91 Å². The Balaban J connectivity index is 1.48. The Morgan fingerprint density at radius 2 is 2.00 bits per heavy atom. The number of aromatic nitrogens is 1. The molecule has 1 atom stereocenters. The molecule has 0 saturated carbocycles. The molecule has 1 aromatic heterocycles. The monoisotopic (exact) mass is 332 g/mol. The molecule has 1 unspecified atom stereocenters. The number of nitrogens with one attached hydrogen (secondary N) is 1. The van der Waals surface area contributed by atoms with Gasteiger partial charge in [-0.3, -0.25) is 14.5 Å². The lowest BCUT2D eigenvalue weighted by atomic mass is 10.1. The predicted molar refractivity (Wildman–Crippen MR) is 91.1 cm³/mol. The zero-order chi connectivity index (χ0) is 16.9. The largest absolute Gasteiger partial charge is 0.481 e. The summed E-state index contributed by atoms with van der Waals surface area (Å²) in [5, 5.41) is 11.8. The molecule has 0 aliphatic carbocycles. The second-order valence-electron chi connectivity index (χ2n) is 6.56. The Morgan fingerprint density at radius 3 is 2.62 bits per heavy atom. The van der Waals surface area contributed by atoms with Crippen LogP contribution in [0.2, 0.25) is 0 Å². The maximum absolute atomic E-state index is 12.1. The molecular formula is C17H24N4O3. The zero-order valence-corrected chi connectivity index (χ0v) is 13.8. The van der Waals surface area contributed by atoms with Crippen LogP contribution in [0.3, 0.4) is 0 Å². The van der Waals surface area contributed by atoms with Gasteiger partial charge in [0.25, 0.3) is 0 Å². The number of carbonyl (C=O) groups excluding carboxylic acids is 1. The molecule has 0 aromatic carbocycles. The number of anilines is 2. The topological polar surface area (TPSA) is 85.8 Å². The van der Waals surface area contributed by atoms with Gasteiger partial charge in [-0.15, -0.1) is 0 Å². The van der Waals surface area contributed by atoms with Crippen molar-refractivity contribution in [2.24, 2.45) is 5.92 Å². The van der Waals surface area contributed by atoms with Crippen LogP contribution in [-0.4, -0.2) is 59.6 Å². The smallest absolute Gasteiger partial charge is 0.307 e. The van der Waals surface area contributed by atoms with Crippen LogP contribution in [0, 0.1) is 5.92 Å². The summed E-state index contributed by atoms with van der Waals surface area (Å²) in [4.78, 5) is 31.6. The second kappa shape index (κ2) is 7.61. The molecule has 1 amide bonds. The number of rotatable bonds is 5. The number of hydrogen-bond acceptors (Lipinski definition) is 5. The van der Waals surface area contributed by atoms with Gasteiger partial charge in [0.1, 0.15) is 5.82 Å². The van der Waals surface area contributed by atoms with Crippen molar-refractivity contribution in [3.63, 3.8) is 0 Å². The van der Waals surface area contributed by atoms with Crippen LogP contribution in [0.5, 0.6) is 0 Å². The molecule has 2 saturated heterocycles. The van der Waals surface area contributed by atoms with Crippen molar-refractivity contribution in [1.29, 1.82) is 0 Å². The number of carbonyl (C=O) groups is 2. The van der Waals surface area contributed by atoms with Gasteiger partial charge in [-0.2, -0.15) is 0 Å². The fourth-order valence-electron chi connectivity index (χ4n) is 3.35. The summed E-state index contributed by atoms with van der Waals surface area (Å²) < 4.78 is 0. The summed E-state index contributed by atoms with van der Waals surface area (Å²) in [5.41, 5.74) is 0.676. The van der Waals surface area contributed by atoms with Crippen LogP contribution in [0.1, 0.15) is 25.7 Å². The van der Waals surface area contributed by atoms with E-state index in [9.17, 15) is 9.59 Å². The Kier molecular flexibility index (Phi) is 5.30. The number of carboxylic acids is 1. The Labute approximate surface area is 141 Å². The minimum absolute atomic E-state index is 0.131. The fourth-order valence-corrected chi connectivity index (χ4v) is 3.35. The highest BCUT2D eigenvalue weighted by Gasteiger charge is 2.28. The molecule has 2 aliphatic heterocycles. The number of nitrogens with zero attached hydrogens (tertiary/aromatic N) is 3. The Hall–Kier alpha value is -2.15. The van der Waals surface area contributed by atoms with Gasteiger partial charge in [0.15, 0.2) is 0 Å². The summed E-state index contributed by atoms with van der Waals surface area (Å²) in [6.45, 7) is 3.39. The third kappa shape index (κ3) is 4.23. The van der Waals surface area contributed by atoms with E-state index in [-0.39, 0.29) is 18.4 Å². The highest BCUT2D eigenvalue weighted by molar-refractivity contribution is 5.92. The summed E-state index contributed by atoms with van der Waals surface area (Å²) in [7, 11) is 0. The van der Waals surface area contributed by atoms with E-state index in [0.29, 0.717) is 25.2 Å². The zero-order valence-electron chi connectivity index (χ0n) is 13.8. The van der Waals surface area contributed by atoms with E-state index in [1.165, 1.54) is 19.3 Å². The highest BCUT2D eigenvalue weighted by atomic mass is 16.4. The lowest BCUT2D eigenvalue weighted by Crippen LogP contribution is -2.32. The van der Waals surface area contributed by atoms with Gasteiger partial charge in [-0.25, -0.2) is 4.98 Å². The second-order valence-corrected chi connectivity index (χ2v) is 6.56. The number of pyridine rings is 1. The lowest BCUT2D eigenvalue weighted by Gasteiger charge is -2.27. The van der Waals surface area contributed by atoms with E-state index in [1.54, 1.807) is 6.20 Å². The summed E-state index contributed by atoms with van der Waals surface area (Å²) in [5.74, 6) is -0.316. The summed E-state index contributed by atoms with van der Waals surface area (Å²) in [6, 6.07) is 3.82. The molecule has 2 fully saturated rings. The fraction of sp³-hybridized carbons (Fsp3) is 0.588. The van der Waals surface area contributed by atoms with Crippen LogP contribution in [0.15, 0.2) is 18.3 Å². The van der Waals surface area contributed by atoms with Gasteiger partial charge >= 0.3 is 5.97 Å². The number of likely N-dealkylation sites (tertiary alicyclic amines) is 1. The van der Waals surface area contributed by atoms with Crippen molar-refractivity contribution in [2.45, 2.75) is 25.7 Å². The predicted octanol–water partition coefficient (Wildman–Crippen LogP) is 1.42. The molecule has 1 aromatic rings. The molecule has 7 heteroatoms. The third-order valence-corrected chi connectivity index (χ3v) is 4.70. The average molecular weight is 332 g/mol. The molecule has 0 spiro atoms. The average Bonchev–Trinajstić information content (AvgIpc) is 3.05. The Morgan fingerprint density at radius 1 is 1.21 bits per heavy atom. The first-order valence-corrected chi connectivity index (χ1v) is 8.58. The lowest BCUT2D eigenvalue weighted by molar-refractivity contribution is -0.141. The van der Waals surface area contributed by atoms with Crippen LogP contribution in [0.25, 0.3) is 0 Å². The van der Waals surface area contributed by atoms with Gasteiger partial charge in [-0.05, 0) is 44.4 Å². The maximum atomic E-state index is 12.1. The van der Waals surface area contributed by atoms with Crippen molar-refractivity contribution in [3.8, 4) is 0 Å². The van der Waals surface area contributed by atoms with Crippen molar-refractivity contribution < 1.29 is 14.7 Å². The molecule has 7 nitrogen and oxygen atoms in total. The molecule has 3 heterocycles. The van der Waals surface area contributed by atoms with Gasteiger partial charge in [0.05, 0.1) is 24.3 Å². The standard InChI is InChI=1S/C17H24N4O3/c22-16(12-20-9-6-13(11-20)17(23)24)19-14-4-5-15(18-10-14)21-7-2-1-3-8-21/h4-5,10,13H,1-3,6-9,11-12H2,(H,19,22)(H,23,24). The van der Waals surface area contributed by atoms with Gasteiger partial charge in [-0.1, -0.05) is 0 Å². The first kappa shape index (κ1) is 16.7. The molecule has 0 radical (unpaired) electrons. The van der Waals surface area contributed by atoms with Crippen LogP contribution >= 0.6 is 0 Å². The van der Waals surface area contributed by atoms with E-state index >= 15 is 0 Å². The number of piperidine rings is 1. The molecule has 0 bridgehead atoms. The molecule has 2 N–H and O–H groups in total. The third-order valence-electron chi connectivity index (χ3n) is 4.70. The molecule has 24 heavy (non-hydrogen) atoms. The number of aliphatic carboxylic acids is 1. The molecule has 3 rings (SSSR count). The van der Waals surface area contributed by atoms with E-state index in [1.807, 2.05) is 17.0 Å². The van der Waals surface area contributed by atoms with Crippen LogP contribution in [-0.2, 0) is 9.59 Å². The van der Waals surface area contributed by atoms with Crippen LogP contribution < -0.4 is 10.2 Å².